The highest BCUT2D eigenvalue weighted by atomic mass is 32.2. The molecule has 0 aliphatic carbocycles. The van der Waals surface area contributed by atoms with E-state index < -0.39 is 22.5 Å². The van der Waals surface area contributed by atoms with Crippen LogP contribution >= 0.6 is 0 Å². The van der Waals surface area contributed by atoms with E-state index in [-0.39, 0.29) is 23.7 Å². The van der Waals surface area contributed by atoms with E-state index in [1.165, 1.54) is 26.4 Å². The minimum atomic E-state index is -4.10. The Morgan fingerprint density at radius 2 is 1.49 bits per heavy atom. The molecule has 0 saturated heterocycles. The molecular formula is C28H28N2O6S. The summed E-state index contributed by atoms with van der Waals surface area (Å²) in [5, 5.41) is 4.90. The summed E-state index contributed by atoms with van der Waals surface area (Å²) in [7, 11) is -1.15. The highest BCUT2D eigenvalue weighted by molar-refractivity contribution is 7.92. The number of hydrogen-bond acceptors (Lipinski definition) is 6. The maximum absolute atomic E-state index is 13.6. The first-order valence-corrected chi connectivity index (χ1v) is 13.0. The van der Waals surface area contributed by atoms with Gasteiger partial charge in [-0.25, -0.2) is 8.42 Å². The number of para-hydroxylation sites is 2. The molecule has 1 amide bonds. The molecule has 4 aromatic carbocycles. The maximum atomic E-state index is 13.6. The fraction of sp³-hybridized carbons (Fsp3) is 0.179. The van der Waals surface area contributed by atoms with Gasteiger partial charge in [0.2, 0.25) is 5.91 Å². The third-order valence-corrected chi connectivity index (χ3v) is 7.48. The van der Waals surface area contributed by atoms with Crippen LogP contribution in [0.25, 0.3) is 10.8 Å². The Morgan fingerprint density at radius 1 is 0.811 bits per heavy atom. The second-order valence-electron chi connectivity index (χ2n) is 8.07. The number of amides is 1. The van der Waals surface area contributed by atoms with Crippen molar-refractivity contribution >= 4 is 32.4 Å². The van der Waals surface area contributed by atoms with E-state index in [4.69, 9.17) is 14.2 Å². The fourth-order valence-electron chi connectivity index (χ4n) is 3.81. The van der Waals surface area contributed by atoms with Gasteiger partial charge < -0.3 is 19.5 Å². The summed E-state index contributed by atoms with van der Waals surface area (Å²) < 4.78 is 44.5. The van der Waals surface area contributed by atoms with Crippen LogP contribution in [0.1, 0.15) is 0 Å². The van der Waals surface area contributed by atoms with Crippen LogP contribution in [0.15, 0.2) is 95.9 Å². The van der Waals surface area contributed by atoms with E-state index in [2.05, 4.69) is 5.32 Å². The molecule has 0 fully saturated rings. The smallest absolute Gasteiger partial charge is 0.264 e. The normalized spacial score (nSPS) is 11.1. The number of nitrogens with one attached hydrogen (secondary N) is 1. The summed E-state index contributed by atoms with van der Waals surface area (Å²) in [5.41, 5.74) is 0.253. The van der Waals surface area contributed by atoms with Crippen molar-refractivity contribution in [3.05, 3.63) is 91.0 Å². The monoisotopic (exact) mass is 520 g/mol. The number of carbonyl (C=O) groups is 1. The van der Waals surface area contributed by atoms with Crippen molar-refractivity contribution in [1.82, 2.24) is 5.32 Å². The van der Waals surface area contributed by atoms with Crippen molar-refractivity contribution < 1.29 is 27.4 Å². The van der Waals surface area contributed by atoms with Crippen LogP contribution in [0, 0.1) is 0 Å². The van der Waals surface area contributed by atoms with Crippen molar-refractivity contribution in [1.29, 1.82) is 0 Å². The number of methoxy groups -OCH3 is 2. The lowest BCUT2D eigenvalue weighted by molar-refractivity contribution is -0.119. The summed E-state index contributed by atoms with van der Waals surface area (Å²) in [4.78, 5) is 12.9. The number of anilines is 1. The number of hydrogen-bond donors (Lipinski definition) is 1. The molecular weight excluding hydrogens is 492 g/mol. The van der Waals surface area contributed by atoms with Gasteiger partial charge in [-0.3, -0.25) is 9.10 Å². The van der Waals surface area contributed by atoms with Crippen LogP contribution in [-0.4, -0.2) is 48.2 Å². The van der Waals surface area contributed by atoms with Crippen LogP contribution in [0.3, 0.4) is 0 Å². The largest absolute Gasteiger partial charge is 0.497 e. The molecule has 4 aromatic rings. The van der Waals surface area contributed by atoms with E-state index >= 15 is 0 Å². The number of sulfonamides is 1. The number of rotatable bonds is 11. The summed E-state index contributed by atoms with van der Waals surface area (Å²) in [5.74, 6) is 1.05. The van der Waals surface area contributed by atoms with Gasteiger partial charge >= 0.3 is 0 Å². The second-order valence-corrected chi connectivity index (χ2v) is 9.93. The van der Waals surface area contributed by atoms with Crippen LogP contribution in [0.4, 0.5) is 5.69 Å². The van der Waals surface area contributed by atoms with Crippen molar-refractivity contribution in [2.45, 2.75) is 4.90 Å². The Balaban J connectivity index is 1.46. The number of carbonyl (C=O) groups excluding carboxylic acids is 1. The number of ether oxygens (including phenoxy) is 3. The van der Waals surface area contributed by atoms with E-state index in [1.807, 2.05) is 42.5 Å². The predicted molar refractivity (Wildman–Crippen MR) is 143 cm³/mol. The standard InChI is InChI=1S/C28H28N2O6S/c1-34-23-13-15-25(16-14-23)37(32,33)30(26-9-5-6-10-27(26)35-2)20-28(31)29-17-18-36-24-12-11-21-7-3-4-8-22(21)19-24/h3-16,19H,17-18,20H2,1-2H3,(H,29,31). The molecule has 0 heterocycles. The molecule has 37 heavy (non-hydrogen) atoms. The van der Waals surface area contributed by atoms with E-state index in [9.17, 15) is 13.2 Å². The quantitative estimate of drug-likeness (QED) is 0.297. The van der Waals surface area contributed by atoms with Crippen molar-refractivity contribution in [3.63, 3.8) is 0 Å². The summed E-state index contributed by atoms with van der Waals surface area (Å²) in [6.07, 6.45) is 0. The lowest BCUT2D eigenvalue weighted by atomic mass is 10.1. The van der Waals surface area contributed by atoms with Crippen molar-refractivity contribution in [2.24, 2.45) is 0 Å². The maximum Gasteiger partial charge on any atom is 0.264 e. The van der Waals surface area contributed by atoms with Crippen LogP contribution < -0.4 is 23.8 Å². The molecule has 9 heteroatoms. The van der Waals surface area contributed by atoms with Gasteiger partial charge in [0.15, 0.2) is 0 Å². The minimum Gasteiger partial charge on any atom is -0.497 e. The van der Waals surface area contributed by atoms with E-state index in [1.54, 1.807) is 36.4 Å². The highest BCUT2D eigenvalue weighted by Crippen LogP contribution is 2.32. The Hall–Kier alpha value is -4.24. The van der Waals surface area contributed by atoms with Gasteiger partial charge in [0.1, 0.15) is 30.4 Å². The summed E-state index contributed by atoms with van der Waals surface area (Å²) >= 11 is 0. The molecule has 0 saturated carbocycles. The zero-order valence-corrected chi connectivity index (χ0v) is 21.4. The predicted octanol–water partition coefficient (Wildman–Crippen LogP) is 4.25. The number of benzene rings is 4. The molecule has 1 N–H and O–H groups in total. The first kappa shape index (κ1) is 25.8. The molecule has 8 nitrogen and oxygen atoms in total. The highest BCUT2D eigenvalue weighted by Gasteiger charge is 2.29. The zero-order valence-electron chi connectivity index (χ0n) is 20.6. The Kier molecular flexibility index (Phi) is 8.15. The number of nitrogens with zero attached hydrogens (tertiary/aromatic N) is 1. The Morgan fingerprint density at radius 3 is 2.22 bits per heavy atom. The van der Waals surface area contributed by atoms with E-state index in [0.29, 0.717) is 17.2 Å². The van der Waals surface area contributed by atoms with Crippen LogP contribution in [-0.2, 0) is 14.8 Å². The first-order valence-electron chi connectivity index (χ1n) is 11.6. The lowest BCUT2D eigenvalue weighted by Gasteiger charge is -2.25. The van der Waals surface area contributed by atoms with Gasteiger partial charge in [0.05, 0.1) is 31.3 Å². The third kappa shape index (κ3) is 6.13. The molecule has 0 unspecified atom stereocenters. The molecule has 0 aliphatic rings. The average Bonchev–Trinajstić information content (AvgIpc) is 2.94. The zero-order chi connectivity index (χ0) is 26.3. The van der Waals surface area contributed by atoms with Crippen molar-refractivity contribution in [3.8, 4) is 17.2 Å². The molecule has 192 valence electrons. The molecule has 0 radical (unpaired) electrons. The lowest BCUT2D eigenvalue weighted by Crippen LogP contribution is -2.42. The molecule has 0 aromatic heterocycles. The first-order chi connectivity index (χ1) is 17.9. The van der Waals surface area contributed by atoms with Gasteiger partial charge in [0, 0.05) is 0 Å². The Labute approximate surface area is 216 Å². The third-order valence-electron chi connectivity index (χ3n) is 5.70. The van der Waals surface area contributed by atoms with Crippen LogP contribution in [0.2, 0.25) is 0 Å². The Bertz CT molecular complexity index is 1470. The SMILES string of the molecule is COc1ccc(S(=O)(=O)N(CC(=O)NCCOc2ccc3ccccc3c2)c2ccccc2OC)cc1. The van der Waals surface area contributed by atoms with Gasteiger partial charge in [-0.15, -0.1) is 0 Å². The molecule has 4 rings (SSSR count). The summed E-state index contributed by atoms with van der Waals surface area (Å²) in [6.45, 7) is -0.0112. The van der Waals surface area contributed by atoms with Crippen LogP contribution in [0.5, 0.6) is 17.2 Å². The topological polar surface area (TPSA) is 94.2 Å². The van der Waals surface area contributed by atoms with Gasteiger partial charge in [0.25, 0.3) is 10.0 Å². The molecule has 0 bridgehead atoms. The minimum absolute atomic E-state index is 0.0200. The van der Waals surface area contributed by atoms with Gasteiger partial charge in [-0.05, 0) is 59.3 Å². The molecule has 0 spiro atoms. The fourth-order valence-corrected chi connectivity index (χ4v) is 5.24. The molecule has 0 atom stereocenters. The van der Waals surface area contributed by atoms with Crippen molar-refractivity contribution in [2.75, 3.05) is 38.2 Å². The second kappa shape index (κ2) is 11.7. The van der Waals surface area contributed by atoms with Gasteiger partial charge in [-0.1, -0.05) is 42.5 Å². The number of fused-ring (bicyclic) bond motifs is 1. The summed E-state index contributed by atoms with van der Waals surface area (Å²) in [6, 6.07) is 26.3. The molecule has 0 aliphatic heterocycles. The van der Waals surface area contributed by atoms with Gasteiger partial charge in [-0.2, -0.15) is 0 Å². The van der Waals surface area contributed by atoms with E-state index in [0.717, 1.165) is 15.1 Å². The average molecular weight is 521 g/mol.